The van der Waals surface area contributed by atoms with Gasteiger partial charge in [-0.15, -0.1) is 0 Å². The van der Waals surface area contributed by atoms with Gasteiger partial charge in [0.2, 0.25) is 5.75 Å². The van der Waals surface area contributed by atoms with Crippen LogP contribution in [0.15, 0.2) is 29.0 Å². The maximum atomic E-state index is 10.8. The Morgan fingerprint density at radius 2 is 1.89 bits per heavy atom. The maximum absolute atomic E-state index is 10.8. The third-order valence-corrected chi connectivity index (χ3v) is 3.31. The molecule has 0 atom stereocenters. The van der Waals surface area contributed by atoms with Gasteiger partial charge in [0.15, 0.2) is 11.5 Å². The highest BCUT2D eigenvalue weighted by Gasteiger charge is 2.14. The molecule has 0 spiro atoms. The lowest BCUT2D eigenvalue weighted by Gasteiger charge is -2.14. The van der Waals surface area contributed by atoms with Crippen LogP contribution in [-0.4, -0.2) is 20.5 Å². The van der Waals surface area contributed by atoms with E-state index in [9.17, 15) is 4.79 Å². The molecule has 0 N–H and O–H groups in total. The van der Waals surface area contributed by atoms with Gasteiger partial charge < -0.3 is 14.2 Å². The van der Waals surface area contributed by atoms with Crippen molar-refractivity contribution in [2.75, 3.05) is 14.2 Å². The predicted octanol–water partition coefficient (Wildman–Crippen LogP) is 3.16. The van der Waals surface area contributed by atoms with Crippen LogP contribution in [0.3, 0.4) is 0 Å². The smallest absolute Gasteiger partial charge is 0.203 e. The highest BCUT2D eigenvalue weighted by Crippen LogP contribution is 2.38. The third kappa shape index (κ3) is 3.06. The molecule has 0 aliphatic heterocycles. The Kier molecular flexibility index (Phi) is 4.41. The molecule has 1 aromatic heterocycles. The highest BCUT2D eigenvalue weighted by atomic mass is 32.1. The predicted molar refractivity (Wildman–Crippen MR) is 73.6 cm³/mol. The molecule has 19 heavy (non-hydrogen) atoms. The number of ether oxygens (including phenoxy) is 3. The zero-order chi connectivity index (χ0) is 13.7. The van der Waals surface area contributed by atoms with Gasteiger partial charge in [0.1, 0.15) is 12.9 Å². The number of carbonyl (C=O) groups is 1. The maximum Gasteiger partial charge on any atom is 0.203 e. The van der Waals surface area contributed by atoms with Crippen molar-refractivity contribution >= 4 is 17.6 Å². The molecule has 0 fully saturated rings. The van der Waals surface area contributed by atoms with E-state index in [2.05, 4.69) is 0 Å². The molecule has 1 aromatic carbocycles. The van der Waals surface area contributed by atoms with Crippen LogP contribution in [0.4, 0.5) is 0 Å². The third-order valence-electron chi connectivity index (χ3n) is 2.58. The largest absolute Gasteiger partial charge is 0.493 e. The van der Waals surface area contributed by atoms with Gasteiger partial charge in [-0.2, -0.15) is 11.3 Å². The Morgan fingerprint density at radius 3 is 2.37 bits per heavy atom. The van der Waals surface area contributed by atoms with Crippen LogP contribution in [0.25, 0.3) is 0 Å². The zero-order valence-corrected chi connectivity index (χ0v) is 11.5. The highest BCUT2D eigenvalue weighted by molar-refractivity contribution is 7.07. The number of thiophene rings is 1. The minimum atomic E-state index is 0.427. The van der Waals surface area contributed by atoms with E-state index in [0.717, 1.165) is 11.8 Å². The van der Waals surface area contributed by atoms with Gasteiger partial charge in [0.25, 0.3) is 0 Å². The van der Waals surface area contributed by atoms with Crippen LogP contribution in [-0.2, 0) is 6.61 Å². The lowest BCUT2D eigenvalue weighted by atomic mass is 10.2. The van der Waals surface area contributed by atoms with E-state index in [0.29, 0.717) is 29.4 Å². The Bertz CT molecular complexity index is 524. The van der Waals surface area contributed by atoms with Gasteiger partial charge in [-0.05, 0) is 34.5 Å². The SMILES string of the molecule is COc1cc(C=O)cc(OC)c1OCc1ccsc1. The number of hydrogen-bond acceptors (Lipinski definition) is 5. The molecule has 0 saturated carbocycles. The molecule has 100 valence electrons. The second-order valence-corrected chi connectivity index (χ2v) is 4.57. The van der Waals surface area contributed by atoms with Crippen LogP contribution < -0.4 is 14.2 Å². The van der Waals surface area contributed by atoms with Crippen LogP contribution in [0.2, 0.25) is 0 Å². The quantitative estimate of drug-likeness (QED) is 0.761. The first kappa shape index (κ1) is 13.4. The molecule has 5 heteroatoms. The second kappa shape index (κ2) is 6.24. The summed E-state index contributed by atoms with van der Waals surface area (Å²) in [7, 11) is 3.06. The fraction of sp³-hybridized carbons (Fsp3) is 0.214. The molecule has 4 nitrogen and oxygen atoms in total. The molecule has 2 rings (SSSR count). The zero-order valence-electron chi connectivity index (χ0n) is 10.7. The topological polar surface area (TPSA) is 44.8 Å². The van der Waals surface area contributed by atoms with Gasteiger partial charge in [-0.3, -0.25) is 4.79 Å². The molecule has 2 aromatic rings. The summed E-state index contributed by atoms with van der Waals surface area (Å²) in [6, 6.07) is 5.24. The summed E-state index contributed by atoms with van der Waals surface area (Å²) >= 11 is 1.61. The molecular weight excluding hydrogens is 264 g/mol. The van der Waals surface area contributed by atoms with Crippen LogP contribution in [0.1, 0.15) is 15.9 Å². The molecule has 0 amide bonds. The monoisotopic (exact) mass is 278 g/mol. The molecule has 0 aliphatic carbocycles. The van der Waals surface area contributed by atoms with E-state index >= 15 is 0 Å². The van der Waals surface area contributed by atoms with Gasteiger partial charge in [-0.1, -0.05) is 0 Å². The number of aldehydes is 1. The van der Waals surface area contributed by atoms with Crippen LogP contribution in [0, 0.1) is 0 Å². The van der Waals surface area contributed by atoms with E-state index in [1.54, 1.807) is 23.5 Å². The Morgan fingerprint density at radius 1 is 1.21 bits per heavy atom. The fourth-order valence-electron chi connectivity index (χ4n) is 1.64. The second-order valence-electron chi connectivity index (χ2n) is 3.79. The number of benzene rings is 1. The summed E-state index contributed by atoms with van der Waals surface area (Å²) in [5, 5.41) is 4.00. The summed E-state index contributed by atoms with van der Waals surface area (Å²) < 4.78 is 16.2. The first-order valence-corrected chi connectivity index (χ1v) is 6.58. The van der Waals surface area contributed by atoms with Crippen molar-refractivity contribution in [2.24, 2.45) is 0 Å². The minimum absolute atomic E-state index is 0.427. The van der Waals surface area contributed by atoms with E-state index in [-0.39, 0.29) is 0 Å². The molecule has 0 aliphatic rings. The van der Waals surface area contributed by atoms with Gasteiger partial charge in [0.05, 0.1) is 14.2 Å². The number of hydrogen-bond donors (Lipinski definition) is 0. The van der Waals surface area contributed by atoms with Crippen molar-refractivity contribution in [3.63, 3.8) is 0 Å². The van der Waals surface area contributed by atoms with E-state index in [1.807, 2.05) is 16.8 Å². The van der Waals surface area contributed by atoms with Crippen LogP contribution in [0.5, 0.6) is 17.2 Å². The lowest BCUT2D eigenvalue weighted by molar-refractivity contribution is 0.112. The summed E-state index contributed by atoms with van der Waals surface area (Å²) in [5.41, 5.74) is 1.56. The van der Waals surface area contributed by atoms with Crippen molar-refractivity contribution in [2.45, 2.75) is 6.61 Å². The molecular formula is C14H14O4S. The average Bonchev–Trinajstić information content (AvgIpc) is 2.97. The normalized spacial score (nSPS) is 10.0. The van der Waals surface area contributed by atoms with E-state index in [4.69, 9.17) is 14.2 Å². The molecule has 0 saturated heterocycles. The van der Waals surface area contributed by atoms with Gasteiger partial charge in [0, 0.05) is 5.56 Å². The molecule has 0 radical (unpaired) electrons. The Balaban J connectivity index is 2.28. The summed E-state index contributed by atoms with van der Waals surface area (Å²) in [4.78, 5) is 10.8. The summed E-state index contributed by atoms with van der Waals surface area (Å²) in [5.74, 6) is 1.47. The summed E-state index contributed by atoms with van der Waals surface area (Å²) in [6.45, 7) is 0.427. The molecule has 1 heterocycles. The fourth-order valence-corrected chi connectivity index (χ4v) is 2.29. The number of methoxy groups -OCH3 is 2. The lowest BCUT2D eigenvalue weighted by Crippen LogP contribution is -2.00. The van der Waals surface area contributed by atoms with Gasteiger partial charge >= 0.3 is 0 Å². The Hall–Kier alpha value is -2.01. The van der Waals surface area contributed by atoms with E-state index < -0.39 is 0 Å². The van der Waals surface area contributed by atoms with E-state index in [1.165, 1.54) is 14.2 Å². The first-order chi connectivity index (χ1) is 9.28. The van der Waals surface area contributed by atoms with Crippen molar-refractivity contribution in [3.8, 4) is 17.2 Å². The average molecular weight is 278 g/mol. The number of rotatable bonds is 6. The number of carbonyl (C=O) groups excluding carboxylic acids is 1. The standard InChI is InChI=1S/C14H14O4S/c1-16-12-5-11(7-15)6-13(17-2)14(12)18-8-10-3-4-19-9-10/h3-7,9H,8H2,1-2H3. The molecule has 0 unspecified atom stereocenters. The Labute approximate surface area is 115 Å². The van der Waals surface area contributed by atoms with Crippen molar-refractivity contribution in [3.05, 3.63) is 40.1 Å². The summed E-state index contributed by atoms with van der Waals surface area (Å²) in [6.07, 6.45) is 0.744. The van der Waals surface area contributed by atoms with Gasteiger partial charge in [-0.25, -0.2) is 0 Å². The molecule has 0 bridgehead atoms. The van der Waals surface area contributed by atoms with Crippen molar-refractivity contribution in [1.29, 1.82) is 0 Å². The van der Waals surface area contributed by atoms with Crippen molar-refractivity contribution < 1.29 is 19.0 Å². The first-order valence-electron chi connectivity index (χ1n) is 5.63. The van der Waals surface area contributed by atoms with Crippen molar-refractivity contribution in [1.82, 2.24) is 0 Å². The van der Waals surface area contributed by atoms with Crippen LogP contribution >= 0.6 is 11.3 Å². The minimum Gasteiger partial charge on any atom is -0.493 e.